The first-order valence-electron chi connectivity index (χ1n) is 8.87. The van der Waals surface area contributed by atoms with Crippen molar-refractivity contribution < 1.29 is 9.59 Å². The first-order chi connectivity index (χ1) is 13.6. The molecule has 3 aromatic rings. The van der Waals surface area contributed by atoms with E-state index >= 15 is 0 Å². The number of nitrogens with one attached hydrogen (secondary N) is 2. The Bertz CT molecular complexity index is 962. The van der Waals surface area contributed by atoms with Gasteiger partial charge in [-0.3, -0.25) is 19.3 Å². The summed E-state index contributed by atoms with van der Waals surface area (Å²) in [5, 5.41) is 9.65. The first-order valence-corrected chi connectivity index (χ1v) is 8.87. The summed E-state index contributed by atoms with van der Waals surface area (Å²) in [6.07, 6.45) is 9.32. The van der Waals surface area contributed by atoms with Gasteiger partial charge in [0.15, 0.2) is 5.82 Å². The molecular weight excluding hydrogens is 354 g/mol. The summed E-state index contributed by atoms with van der Waals surface area (Å²) < 4.78 is 1.79. The summed E-state index contributed by atoms with van der Waals surface area (Å²) in [6, 6.07) is 12.7. The van der Waals surface area contributed by atoms with Gasteiger partial charge in [-0.15, -0.1) is 0 Å². The van der Waals surface area contributed by atoms with E-state index in [2.05, 4.69) is 20.7 Å². The predicted octanol–water partition coefficient (Wildman–Crippen LogP) is 2.53. The summed E-state index contributed by atoms with van der Waals surface area (Å²) in [7, 11) is 1.58. The van der Waals surface area contributed by atoms with Crippen LogP contribution in [0, 0.1) is 0 Å². The number of rotatable bonds is 7. The van der Waals surface area contributed by atoms with Crippen LogP contribution in [0.4, 0.5) is 5.82 Å². The Morgan fingerprint density at radius 2 is 1.82 bits per heavy atom. The fourth-order valence-electron chi connectivity index (χ4n) is 2.58. The molecule has 0 spiro atoms. The fourth-order valence-corrected chi connectivity index (χ4v) is 2.58. The fraction of sp³-hybridized carbons (Fsp3) is 0.143. The number of aromatic nitrogens is 3. The maximum absolute atomic E-state index is 12.1. The van der Waals surface area contributed by atoms with Gasteiger partial charge in [0.05, 0.1) is 0 Å². The van der Waals surface area contributed by atoms with Crippen LogP contribution in [0.2, 0.25) is 0 Å². The molecule has 2 N–H and O–H groups in total. The summed E-state index contributed by atoms with van der Waals surface area (Å²) >= 11 is 0. The average Bonchev–Trinajstić information content (AvgIpc) is 3.18. The Morgan fingerprint density at radius 1 is 1.07 bits per heavy atom. The second kappa shape index (κ2) is 9.27. The van der Waals surface area contributed by atoms with Crippen molar-refractivity contribution in [2.75, 3.05) is 12.4 Å². The lowest BCUT2D eigenvalue weighted by Gasteiger charge is -2.02. The number of carbonyl (C=O) groups is 2. The molecule has 0 fully saturated rings. The quantitative estimate of drug-likeness (QED) is 0.621. The largest absolute Gasteiger partial charge is 0.355 e. The van der Waals surface area contributed by atoms with Gasteiger partial charge in [-0.05, 0) is 47.9 Å². The van der Waals surface area contributed by atoms with Crippen molar-refractivity contribution in [2.24, 2.45) is 0 Å². The minimum Gasteiger partial charge on any atom is -0.355 e. The van der Waals surface area contributed by atoms with Crippen molar-refractivity contribution in [1.29, 1.82) is 0 Å². The van der Waals surface area contributed by atoms with Crippen LogP contribution in [-0.4, -0.2) is 33.6 Å². The lowest BCUT2D eigenvalue weighted by molar-refractivity contribution is -0.111. The minimum absolute atomic E-state index is 0.146. The van der Waals surface area contributed by atoms with E-state index in [-0.39, 0.29) is 11.8 Å². The Morgan fingerprint density at radius 3 is 2.54 bits per heavy atom. The standard InChI is InChI=1S/C21H21N5O2/c1-22-21(28)18-5-2-16(3-6-18)4-7-20(27)24-19-11-15-26(25-19)14-10-17-8-12-23-13-9-17/h2-9,11-13,15H,10,14H2,1H3,(H,22,28)(H,24,25,27). The van der Waals surface area contributed by atoms with Gasteiger partial charge in [0.1, 0.15) is 0 Å². The Labute approximate surface area is 163 Å². The van der Waals surface area contributed by atoms with Gasteiger partial charge in [-0.25, -0.2) is 0 Å². The lowest BCUT2D eigenvalue weighted by Crippen LogP contribution is -2.17. The number of aryl methyl sites for hydroxylation is 2. The highest BCUT2D eigenvalue weighted by atomic mass is 16.2. The van der Waals surface area contributed by atoms with E-state index in [1.165, 1.54) is 11.6 Å². The summed E-state index contributed by atoms with van der Waals surface area (Å²) in [6.45, 7) is 0.716. The van der Waals surface area contributed by atoms with Gasteiger partial charge in [-0.2, -0.15) is 5.10 Å². The van der Waals surface area contributed by atoms with Gasteiger partial charge in [-0.1, -0.05) is 12.1 Å². The van der Waals surface area contributed by atoms with Crippen LogP contribution in [0.5, 0.6) is 0 Å². The normalized spacial score (nSPS) is 10.8. The number of hydrogen-bond donors (Lipinski definition) is 2. The van der Waals surface area contributed by atoms with E-state index in [1.807, 2.05) is 18.3 Å². The molecule has 0 bridgehead atoms. The molecule has 0 atom stereocenters. The zero-order valence-corrected chi connectivity index (χ0v) is 15.5. The number of benzene rings is 1. The molecule has 2 aromatic heterocycles. The Balaban J connectivity index is 1.51. The summed E-state index contributed by atoms with van der Waals surface area (Å²) in [4.78, 5) is 27.6. The van der Waals surface area contributed by atoms with Gasteiger partial charge in [0.25, 0.3) is 5.91 Å². The molecule has 0 saturated carbocycles. The Kier molecular flexibility index (Phi) is 6.30. The van der Waals surface area contributed by atoms with Crippen LogP contribution < -0.4 is 10.6 Å². The highest BCUT2D eigenvalue weighted by Gasteiger charge is 2.04. The molecule has 142 valence electrons. The maximum Gasteiger partial charge on any atom is 0.251 e. The third-order valence-corrected chi connectivity index (χ3v) is 4.10. The smallest absolute Gasteiger partial charge is 0.251 e. The summed E-state index contributed by atoms with van der Waals surface area (Å²) in [5.74, 6) is 0.0851. The van der Waals surface area contributed by atoms with E-state index < -0.39 is 0 Å². The average molecular weight is 375 g/mol. The van der Waals surface area contributed by atoms with E-state index in [1.54, 1.807) is 60.5 Å². The molecule has 0 aliphatic rings. The second-order valence-electron chi connectivity index (χ2n) is 6.09. The van der Waals surface area contributed by atoms with E-state index in [9.17, 15) is 9.59 Å². The SMILES string of the molecule is CNC(=O)c1ccc(C=CC(=O)Nc2ccn(CCc3ccncc3)n2)cc1. The highest BCUT2D eigenvalue weighted by molar-refractivity contribution is 6.01. The van der Waals surface area contributed by atoms with Gasteiger partial charge in [0.2, 0.25) is 5.91 Å². The van der Waals surface area contributed by atoms with Crippen LogP contribution in [-0.2, 0) is 17.8 Å². The third-order valence-electron chi connectivity index (χ3n) is 4.10. The van der Waals surface area contributed by atoms with Gasteiger partial charge in [0, 0.05) is 49.9 Å². The molecule has 2 amide bonds. The third kappa shape index (κ3) is 5.38. The molecule has 28 heavy (non-hydrogen) atoms. The monoisotopic (exact) mass is 375 g/mol. The zero-order chi connectivity index (χ0) is 19.8. The molecular formula is C21H21N5O2. The van der Waals surface area contributed by atoms with Crippen LogP contribution >= 0.6 is 0 Å². The minimum atomic E-state index is -0.269. The van der Waals surface area contributed by atoms with Gasteiger partial charge < -0.3 is 10.6 Å². The molecule has 7 nitrogen and oxygen atoms in total. The lowest BCUT2D eigenvalue weighted by atomic mass is 10.1. The molecule has 0 saturated heterocycles. The highest BCUT2D eigenvalue weighted by Crippen LogP contribution is 2.08. The van der Waals surface area contributed by atoms with Crippen molar-refractivity contribution in [3.63, 3.8) is 0 Å². The predicted molar refractivity (Wildman–Crippen MR) is 108 cm³/mol. The van der Waals surface area contributed by atoms with Crippen LogP contribution in [0.15, 0.2) is 67.1 Å². The molecule has 0 unspecified atom stereocenters. The summed E-state index contributed by atoms with van der Waals surface area (Å²) in [5.41, 5.74) is 2.58. The van der Waals surface area contributed by atoms with Crippen molar-refractivity contribution in [1.82, 2.24) is 20.1 Å². The number of carbonyl (C=O) groups excluding carboxylic acids is 2. The topological polar surface area (TPSA) is 88.9 Å². The number of amides is 2. The maximum atomic E-state index is 12.1. The molecule has 1 aromatic carbocycles. The molecule has 3 rings (SSSR count). The zero-order valence-electron chi connectivity index (χ0n) is 15.5. The Hall–Kier alpha value is -3.74. The van der Waals surface area contributed by atoms with Crippen LogP contribution in [0.1, 0.15) is 21.5 Å². The van der Waals surface area contributed by atoms with E-state index in [0.29, 0.717) is 17.9 Å². The van der Waals surface area contributed by atoms with Gasteiger partial charge >= 0.3 is 0 Å². The van der Waals surface area contributed by atoms with Crippen molar-refractivity contribution in [3.8, 4) is 0 Å². The second-order valence-corrected chi connectivity index (χ2v) is 6.09. The van der Waals surface area contributed by atoms with Crippen molar-refractivity contribution in [3.05, 3.63) is 83.8 Å². The molecule has 2 heterocycles. The number of pyridine rings is 1. The van der Waals surface area contributed by atoms with Crippen LogP contribution in [0.3, 0.4) is 0 Å². The number of hydrogen-bond acceptors (Lipinski definition) is 4. The van der Waals surface area contributed by atoms with Crippen molar-refractivity contribution >= 4 is 23.7 Å². The molecule has 7 heteroatoms. The number of anilines is 1. The van der Waals surface area contributed by atoms with Crippen LogP contribution in [0.25, 0.3) is 6.08 Å². The molecule has 0 aliphatic carbocycles. The van der Waals surface area contributed by atoms with E-state index in [0.717, 1.165) is 12.0 Å². The molecule has 0 radical (unpaired) electrons. The number of nitrogens with zero attached hydrogens (tertiary/aromatic N) is 3. The first kappa shape index (κ1) is 19.0. The molecule has 0 aliphatic heterocycles. The van der Waals surface area contributed by atoms with E-state index in [4.69, 9.17) is 0 Å². The van der Waals surface area contributed by atoms with Crippen molar-refractivity contribution in [2.45, 2.75) is 13.0 Å².